The third-order valence-corrected chi connectivity index (χ3v) is 6.69. The number of thiophene rings is 1. The second-order valence-corrected chi connectivity index (χ2v) is 8.23. The number of hydrogen-bond acceptors (Lipinski definition) is 4. The van der Waals surface area contributed by atoms with Gasteiger partial charge >= 0.3 is 0 Å². The second kappa shape index (κ2) is 6.53. The van der Waals surface area contributed by atoms with E-state index in [4.69, 9.17) is 0 Å². The maximum atomic E-state index is 12.2. The first-order chi connectivity index (χ1) is 10.1. The molecule has 3 rings (SSSR count). The first kappa shape index (κ1) is 15.1. The number of H-pyrrole nitrogens is 1. The van der Waals surface area contributed by atoms with E-state index in [1.54, 1.807) is 11.3 Å². The largest absolute Gasteiger partial charge is 0.309 e. The molecule has 0 atom stereocenters. The van der Waals surface area contributed by atoms with Crippen LogP contribution in [-0.4, -0.2) is 15.7 Å². The Kier molecular flexibility index (Phi) is 4.69. The molecule has 0 unspecified atom stereocenters. The number of nitrogens with one attached hydrogen (secondary N) is 1. The summed E-state index contributed by atoms with van der Waals surface area (Å²) >= 11 is 3.54. The molecule has 0 bridgehead atoms. The van der Waals surface area contributed by atoms with Crippen LogP contribution in [0.4, 0.5) is 0 Å². The fraction of sp³-hybridized carbons (Fsp3) is 0.625. The van der Waals surface area contributed by atoms with Gasteiger partial charge in [0.25, 0.3) is 5.56 Å². The summed E-state index contributed by atoms with van der Waals surface area (Å²) in [5, 5.41) is 0.776. The molecule has 2 heterocycles. The van der Waals surface area contributed by atoms with Crippen molar-refractivity contribution >= 4 is 33.3 Å². The van der Waals surface area contributed by atoms with Crippen molar-refractivity contribution in [2.75, 3.05) is 5.75 Å². The Bertz CT molecular complexity index is 683. The third kappa shape index (κ3) is 3.34. The van der Waals surface area contributed by atoms with Crippen LogP contribution in [0.15, 0.2) is 4.79 Å². The van der Waals surface area contributed by atoms with E-state index in [-0.39, 0.29) is 5.56 Å². The van der Waals surface area contributed by atoms with Crippen molar-refractivity contribution in [3.8, 4) is 0 Å². The van der Waals surface area contributed by atoms with Crippen molar-refractivity contribution in [1.29, 1.82) is 0 Å². The molecule has 1 saturated carbocycles. The molecule has 21 heavy (non-hydrogen) atoms. The van der Waals surface area contributed by atoms with Gasteiger partial charge in [-0.05, 0) is 43.9 Å². The van der Waals surface area contributed by atoms with Gasteiger partial charge in [0, 0.05) is 4.88 Å². The molecule has 0 saturated heterocycles. The number of aromatic nitrogens is 2. The molecule has 1 aliphatic carbocycles. The smallest absolute Gasteiger partial charge is 0.259 e. The van der Waals surface area contributed by atoms with Crippen LogP contribution in [0.2, 0.25) is 0 Å². The molecule has 3 nitrogen and oxygen atoms in total. The van der Waals surface area contributed by atoms with Gasteiger partial charge in [-0.2, -0.15) is 11.8 Å². The standard InChI is InChI=1S/C16H22N2OS2/c1-10-11(2)21-16-14(10)15(19)17-13(18-16)9-20-8-12-6-4-3-5-7-12/h12H,3-9H2,1-2H3,(H,17,18,19). The average Bonchev–Trinajstić information content (AvgIpc) is 2.75. The lowest BCUT2D eigenvalue weighted by Crippen LogP contribution is -2.12. The summed E-state index contributed by atoms with van der Waals surface area (Å²) in [6, 6.07) is 0. The topological polar surface area (TPSA) is 45.8 Å². The zero-order valence-electron chi connectivity index (χ0n) is 12.7. The number of nitrogens with zero attached hydrogens (tertiary/aromatic N) is 1. The van der Waals surface area contributed by atoms with Crippen LogP contribution in [0.25, 0.3) is 10.2 Å². The van der Waals surface area contributed by atoms with Crippen molar-refractivity contribution in [2.45, 2.75) is 51.7 Å². The minimum atomic E-state index is 0.0233. The van der Waals surface area contributed by atoms with E-state index in [0.29, 0.717) is 0 Å². The Morgan fingerprint density at radius 3 is 2.81 bits per heavy atom. The van der Waals surface area contributed by atoms with Crippen molar-refractivity contribution in [3.63, 3.8) is 0 Å². The highest BCUT2D eigenvalue weighted by Gasteiger charge is 2.14. The Balaban J connectivity index is 1.68. The van der Waals surface area contributed by atoms with E-state index in [9.17, 15) is 4.79 Å². The Labute approximate surface area is 133 Å². The SMILES string of the molecule is Cc1sc2nc(CSCC3CCCCC3)[nH]c(=O)c2c1C. The van der Waals surface area contributed by atoms with Gasteiger partial charge < -0.3 is 4.98 Å². The zero-order valence-corrected chi connectivity index (χ0v) is 14.3. The molecule has 114 valence electrons. The summed E-state index contributed by atoms with van der Waals surface area (Å²) in [5.41, 5.74) is 1.10. The third-order valence-electron chi connectivity index (χ3n) is 4.41. The number of fused-ring (bicyclic) bond motifs is 1. The molecule has 0 amide bonds. The van der Waals surface area contributed by atoms with Crippen LogP contribution in [0.5, 0.6) is 0 Å². The van der Waals surface area contributed by atoms with Gasteiger partial charge in [0.1, 0.15) is 10.7 Å². The molecule has 0 spiro atoms. The van der Waals surface area contributed by atoms with Gasteiger partial charge in [-0.3, -0.25) is 4.79 Å². The lowest BCUT2D eigenvalue weighted by molar-refractivity contribution is 0.391. The van der Waals surface area contributed by atoms with Crippen molar-refractivity contribution in [2.24, 2.45) is 5.92 Å². The molecular formula is C16H22N2OS2. The van der Waals surface area contributed by atoms with Crippen molar-refractivity contribution < 1.29 is 0 Å². The lowest BCUT2D eigenvalue weighted by atomic mass is 9.91. The zero-order chi connectivity index (χ0) is 14.8. The molecule has 0 aromatic carbocycles. The highest BCUT2D eigenvalue weighted by molar-refractivity contribution is 7.98. The normalized spacial score (nSPS) is 16.7. The van der Waals surface area contributed by atoms with Gasteiger partial charge in [-0.25, -0.2) is 4.98 Å². The maximum absolute atomic E-state index is 12.2. The molecule has 1 aliphatic rings. The highest BCUT2D eigenvalue weighted by atomic mass is 32.2. The average molecular weight is 322 g/mol. The first-order valence-electron chi connectivity index (χ1n) is 7.72. The van der Waals surface area contributed by atoms with Crippen LogP contribution in [0.3, 0.4) is 0 Å². The number of thioether (sulfide) groups is 1. The molecule has 1 fully saturated rings. The summed E-state index contributed by atoms with van der Waals surface area (Å²) in [6.45, 7) is 4.06. The van der Waals surface area contributed by atoms with E-state index in [1.807, 2.05) is 18.7 Å². The Morgan fingerprint density at radius 2 is 2.05 bits per heavy atom. The first-order valence-corrected chi connectivity index (χ1v) is 9.69. The van der Waals surface area contributed by atoms with Crippen LogP contribution in [0.1, 0.15) is 48.4 Å². The maximum Gasteiger partial charge on any atom is 0.259 e. The summed E-state index contributed by atoms with van der Waals surface area (Å²) in [6.07, 6.45) is 6.93. The molecular weight excluding hydrogens is 300 g/mol. The highest BCUT2D eigenvalue weighted by Crippen LogP contribution is 2.29. The Morgan fingerprint density at radius 1 is 1.29 bits per heavy atom. The van der Waals surface area contributed by atoms with Gasteiger partial charge in [0.15, 0.2) is 0 Å². The van der Waals surface area contributed by atoms with E-state index >= 15 is 0 Å². The van der Waals surface area contributed by atoms with Gasteiger partial charge in [-0.15, -0.1) is 11.3 Å². The second-order valence-electron chi connectivity index (χ2n) is 6.00. The molecule has 1 N–H and O–H groups in total. The molecule has 0 radical (unpaired) electrons. The molecule has 2 aromatic rings. The fourth-order valence-corrected chi connectivity index (χ4v) is 5.21. The summed E-state index contributed by atoms with van der Waals surface area (Å²) in [4.78, 5) is 21.9. The van der Waals surface area contributed by atoms with Crippen LogP contribution in [-0.2, 0) is 5.75 Å². The van der Waals surface area contributed by atoms with Crippen LogP contribution >= 0.6 is 23.1 Å². The predicted octanol–water partition coefficient (Wildman–Crippen LogP) is 4.41. The van der Waals surface area contributed by atoms with E-state index in [1.165, 1.54) is 42.7 Å². The predicted molar refractivity (Wildman–Crippen MR) is 92.5 cm³/mol. The van der Waals surface area contributed by atoms with Crippen LogP contribution in [0, 0.1) is 19.8 Å². The lowest BCUT2D eigenvalue weighted by Gasteiger charge is -2.20. The van der Waals surface area contributed by atoms with Gasteiger partial charge in [0.2, 0.25) is 0 Å². The van der Waals surface area contributed by atoms with Crippen molar-refractivity contribution in [1.82, 2.24) is 9.97 Å². The van der Waals surface area contributed by atoms with Gasteiger partial charge in [0.05, 0.1) is 11.1 Å². The fourth-order valence-electron chi connectivity index (χ4n) is 3.04. The summed E-state index contributed by atoms with van der Waals surface area (Å²) < 4.78 is 0. The number of aromatic amines is 1. The van der Waals surface area contributed by atoms with Gasteiger partial charge in [-0.1, -0.05) is 19.3 Å². The molecule has 2 aromatic heterocycles. The number of rotatable bonds is 4. The van der Waals surface area contributed by atoms with Crippen molar-refractivity contribution in [3.05, 3.63) is 26.6 Å². The minimum Gasteiger partial charge on any atom is -0.309 e. The van der Waals surface area contributed by atoms with Crippen LogP contribution < -0.4 is 5.56 Å². The Hall–Kier alpha value is -0.810. The number of hydrogen-bond donors (Lipinski definition) is 1. The van der Waals surface area contributed by atoms with E-state index < -0.39 is 0 Å². The number of aryl methyl sites for hydroxylation is 2. The van der Waals surface area contributed by atoms with E-state index in [0.717, 1.165) is 33.3 Å². The summed E-state index contributed by atoms with van der Waals surface area (Å²) in [5.74, 6) is 3.71. The quantitative estimate of drug-likeness (QED) is 0.906. The summed E-state index contributed by atoms with van der Waals surface area (Å²) in [7, 11) is 0. The van der Waals surface area contributed by atoms with E-state index in [2.05, 4.69) is 16.9 Å². The molecule has 5 heteroatoms. The monoisotopic (exact) mass is 322 g/mol. The molecule has 0 aliphatic heterocycles. The minimum absolute atomic E-state index is 0.0233.